The molecule has 7 nitrogen and oxygen atoms in total. The third-order valence-corrected chi connectivity index (χ3v) is 4.98. The Hall–Kier alpha value is -3.65. The average molecular weight is 525 g/mol. The van der Waals surface area contributed by atoms with Gasteiger partial charge in [0.05, 0.1) is 18.4 Å². The van der Waals surface area contributed by atoms with Crippen LogP contribution in [0.15, 0.2) is 76.3 Å². The number of rotatable bonds is 10. The summed E-state index contributed by atoms with van der Waals surface area (Å²) >= 11 is 3.39. The van der Waals surface area contributed by atoms with Crippen LogP contribution in [0.4, 0.5) is 0 Å². The van der Waals surface area contributed by atoms with Crippen LogP contribution in [0, 0.1) is 6.92 Å². The molecule has 3 rings (SSSR count). The smallest absolute Gasteiger partial charge is 0.343 e. The predicted molar refractivity (Wildman–Crippen MR) is 134 cm³/mol. The van der Waals surface area contributed by atoms with E-state index in [9.17, 15) is 9.59 Å². The largest absolute Gasteiger partial charge is 0.494 e. The molecule has 0 aliphatic rings. The van der Waals surface area contributed by atoms with E-state index in [2.05, 4.69) is 26.5 Å². The number of hydrogen-bond donors (Lipinski definition) is 1. The number of esters is 1. The van der Waals surface area contributed by atoms with Gasteiger partial charge in [0.25, 0.3) is 5.91 Å². The van der Waals surface area contributed by atoms with Crippen LogP contribution in [0.2, 0.25) is 0 Å². The summed E-state index contributed by atoms with van der Waals surface area (Å²) in [5.74, 6) is 0.655. The lowest BCUT2D eigenvalue weighted by molar-refractivity contribution is -0.123. The lowest BCUT2D eigenvalue weighted by Gasteiger charge is -2.09. The molecule has 0 unspecified atom stereocenters. The molecule has 0 radical (unpaired) electrons. The number of aryl methyl sites for hydroxylation is 1. The molecule has 0 bridgehead atoms. The second-order valence-corrected chi connectivity index (χ2v) is 8.26. The molecule has 0 fully saturated rings. The number of nitrogens with one attached hydrogen (secondary N) is 1. The predicted octanol–water partition coefficient (Wildman–Crippen LogP) is 5.29. The van der Waals surface area contributed by atoms with Crippen LogP contribution in [0.3, 0.4) is 0 Å². The average Bonchev–Trinajstić information content (AvgIpc) is 2.83. The first-order chi connectivity index (χ1) is 16.4. The van der Waals surface area contributed by atoms with Gasteiger partial charge in [0, 0.05) is 10.0 Å². The third-order valence-electron chi connectivity index (χ3n) is 4.49. The van der Waals surface area contributed by atoms with Crippen molar-refractivity contribution in [2.75, 3.05) is 13.2 Å². The molecule has 0 spiro atoms. The standard InChI is InChI=1S/C26H25BrN2O5/c1-3-13-32-22-10-7-19(8-11-22)26(31)34-24-12-9-21(27)15-20(24)16-28-29-25(30)17-33-23-6-4-5-18(2)14-23/h4-12,14-16H,3,13,17H2,1-2H3,(H,29,30)/b28-16+. The minimum Gasteiger partial charge on any atom is -0.494 e. The van der Waals surface area contributed by atoms with Gasteiger partial charge >= 0.3 is 5.97 Å². The van der Waals surface area contributed by atoms with E-state index in [4.69, 9.17) is 14.2 Å². The topological polar surface area (TPSA) is 86.2 Å². The van der Waals surface area contributed by atoms with E-state index in [1.165, 1.54) is 6.21 Å². The highest BCUT2D eigenvalue weighted by molar-refractivity contribution is 9.10. The van der Waals surface area contributed by atoms with Crippen LogP contribution in [0.25, 0.3) is 0 Å². The Kier molecular flexibility index (Phi) is 9.22. The molecular weight excluding hydrogens is 500 g/mol. The molecule has 0 aliphatic carbocycles. The first-order valence-electron chi connectivity index (χ1n) is 10.7. The van der Waals surface area contributed by atoms with E-state index in [-0.39, 0.29) is 6.61 Å². The molecule has 3 aromatic carbocycles. The van der Waals surface area contributed by atoms with Gasteiger partial charge < -0.3 is 14.2 Å². The number of amides is 1. The maximum Gasteiger partial charge on any atom is 0.343 e. The van der Waals surface area contributed by atoms with Gasteiger partial charge in [-0.15, -0.1) is 0 Å². The first kappa shape index (κ1) is 25.0. The lowest BCUT2D eigenvalue weighted by Crippen LogP contribution is -2.24. The van der Waals surface area contributed by atoms with Crippen molar-refractivity contribution in [1.82, 2.24) is 5.43 Å². The van der Waals surface area contributed by atoms with Gasteiger partial charge in [0.15, 0.2) is 6.61 Å². The molecule has 0 saturated carbocycles. The van der Waals surface area contributed by atoms with E-state index in [1.54, 1.807) is 48.5 Å². The van der Waals surface area contributed by atoms with Gasteiger partial charge in [-0.25, -0.2) is 10.2 Å². The molecule has 0 heterocycles. The summed E-state index contributed by atoms with van der Waals surface area (Å²) < 4.78 is 17.3. The summed E-state index contributed by atoms with van der Waals surface area (Å²) in [5, 5.41) is 3.96. The van der Waals surface area contributed by atoms with Gasteiger partial charge in [-0.2, -0.15) is 5.10 Å². The van der Waals surface area contributed by atoms with Crippen molar-refractivity contribution < 1.29 is 23.8 Å². The van der Waals surface area contributed by atoms with Crippen LogP contribution < -0.4 is 19.6 Å². The number of carbonyl (C=O) groups is 2. The van der Waals surface area contributed by atoms with Crippen LogP contribution >= 0.6 is 15.9 Å². The Morgan fingerprint density at radius 1 is 1.00 bits per heavy atom. The van der Waals surface area contributed by atoms with Crippen LogP contribution in [0.1, 0.15) is 34.8 Å². The van der Waals surface area contributed by atoms with Crippen molar-refractivity contribution >= 4 is 34.0 Å². The summed E-state index contributed by atoms with van der Waals surface area (Å²) in [7, 11) is 0. The molecule has 8 heteroatoms. The molecule has 176 valence electrons. The highest BCUT2D eigenvalue weighted by Gasteiger charge is 2.12. The first-order valence-corrected chi connectivity index (χ1v) is 11.5. The number of nitrogens with zero attached hydrogens (tertiary/aromatic N) is 1. The molecule has 0 aromatic heterocycles. The minimum absolute atomic E-state index is 0.181. The lowest BCUT2D eigenvalue weighted by atomic mass is 10.2. The van der Waals surface area contributed by atoms with Crippen molar-refractivity contribution in [2.24, 2.45) is 5.10 Å². The summed E-state index contributed by atoms with van der Waals surface area (Å²) in [4.78, 5) is 24.6. The van der Waals surface area contributed by atoms with Crippen LogP contribution in [0.5, 0.6) is 17.2 Å². The Labute approximate surface area is 206 Å². The number of hydrazone groups is 1. The Morgan fingerprint density at radius 3 is 2.53 bits per heavy atom. The van der Waals surface area contributed by atoms with Gasteiger partial charge in [-0.3, -0.25) is 4.79 Å². The minimum atomic E-state index is -0.519. The molecule has 34 heavy (non-hydrogen) atoms. The van der Waals surface area contributed by atoms with Crippen molar-refractivity contribution in [3.05, 3.63) is 87.9 Å². The number of benzene rings is 3. The van der Waals surface area contributed by atoms with E-state index in [0.717, 1.165) is 16.5 Å². The zero-order chi connectivity index (χ0) is 24.3. The number of carbonyl (C=O) groups excluding carboxylic acids is 2. The Morgan fingerprint density at radius 2 is 1.79 bits per heavy atom. The second kappa shape index (κ2) is 12.6. The quantitative estimate of drug-likeness (QED) is 0.168. The van der Waals surface area contributed by atoms with Crippen molar-refractivity contribution in [3.63, 3.8) is 0 Å². The summed E-state index contributed by atoms with van der Waals surface area (Å²) in [6, 6.07) is 19.3. The molecule has 3 aromatic rings. The Balaban J connectivity index is 1.59. The fraction of sp³-hybridized carbons (Fsp3) is 0.192. The summed E-state index contributed by atoms with van der Waals surface area (Å²) in [5.41, 5.74) is 4.33. The van der Waals surface area contributed by atoms with Crippen LogP contribution in [-0.4, -0.2) is 31.3 Å². The molecule has 1 amide bonds. The van der Waals surface area contributed by atoms with Gasteiger partial charge in [-0.05, 0) is 73.5 Å². The molecule has 0 aliphatic heterocycles. The monoisotopic (exact) mass is 524 g/mol. The van der Waals surface area contributed by atoms with Crippen molar-refractivity contribution in [3.8, 4) is 17.2 Å². The SMILES string of the molecule is CCCOc1ccc(C(=O)Oc2ccc(Br)cc2/C=N/NC(=O)COc2cccc(C)c2)cc1. The highest BCUT2D eigenvalue weighted by Crippen LogP contribution is 2.23. The zero-order valence-electron chi connectivity index (χ0n) is 18.9. The molecule has 0 saturated heterocycles. The van der Waals surface area contributed by atoms with Gasteiger partial charge in [-0.1, -0.05) is 35.0 Å². The van der Waals surface area contributed by atoms with Crippen molar-refractivity contribution in [1.29, 1.82) is 0 Å². The van der Waals surface area contributed by atoms with E-state index in [1.807, 2.05) is 32.0 Å². The molecular formula is C26H25BrN2O5. The van der Waals surface area contributed by atoms with Gasteiger partial charge in [0.2, 0.25) is 0 Å². The highest BCUT2D eigenvalue weighted by atomic mass is 79.9. The summed E-state index contributed by atoms with van der Waals surface area (Å²) in [6.07, 6.45) is 2.30. The van der Waals surface area contributed by atoms with E-state index >= 15 is 0 Å². The van der Waals surface area contributed by atoms with Crippen LogP contribution in [-0.2, 0) is 4.79 Å². The number of hydrogen-bond acceptors (Lipinski definition) is 6. The van der Waals surface area contributed by atoms with E-state index in [0.29, 0.717) is 35.0 Å². The maximum atomic E-state index is 12.6. The fourth-order valence-corrected chi connectivity index (χ4v) is 3.22. The zero-order valence-corrected chi connectivity index (χ0v) is 20.5. The van der Waals surface area contributed by atoms with E-state index < -0.39 is 11.9 Å². The number of ether oxygens (including phenoxy) is 3. The number of halogens is 1. The molecule has 0 atom stereocenters. The normalized spacial score (nSPS) is 10.7. The van der Waals surface area contributed by atoms with Crippen molar-refractivity contribution in [2.45, 2.75) is 20.3 Å². The second-order valence-electron chi connectivity index (χ2n) is 7.34. The molecule has 1 N–H and O–H groups in total. The third kappa shape index (κ3) is 7.74. The fourth-order valence-electron chi connectivity index (χ4n) is 2.84. The maximum absolute atomic E-state index is 12.6. The Bertz CT molecular complexity index is 1160. The van der Waals surface area contributed by atoms with Gasteiger partial charge in [0.1, 0.15) is 17.2 Å². The summed E-state index contributed by atoms with van der Waals surface area (Å²) in [6.45, 7) is 4.39.